The van der Waals surface area contributed by atoms with Crippen molar-refractivity contribution in [3.63, 3.8) is 0 Å². The Morgan fingerprint density at radius 2 is 1.50 bits per heavy atom. The summed E-state index contributed by atoms with van der Waals surface area (Å²) in [6.45, 7) is 1.38. The second kappa shape index (κ2) is 8.06. The van der Waals surface area contributed by atoms with Gasteiger partial charge >= 0.3 is 5.97 Å². The minimum atomic E-state index is -1.11. The number of carboxylic acid groups (broad SMARTS) is 1. The molecule has 0 bridgehead atoms. The lowest BCUT2D eigenvalue weighted by atomic mass is 10.0. The molecule has 0 saturated carbocycles. The fourth-order valence-electron chi connectivity index (χ4n) is 2.23. The maximum absolute atomic E-state index is 12.1. The Morgan fingerprint density at radius 3 is 2.08 bits per heavy atom. The van der Waals surface area contributed by atoms with Crippen LogP contribution in [-0.4, -0.2) is 28.8 Å². The molecule has 0 aromatic heterocycles. The molecule has 0 aliphatic rings. The number of benzene rings is 2. The maximum Gasteiger partial charge on any atom is 0.325 e. The van der Waals surface area contributed by atoms with Crippen LogP contribution < -0.4 is 5.32 Å². The molecule has 2 aromatic carbocycles. The quantitative estimate of drug-likeness (QED) is 0.767. The van der Waals surface area contributed by atoms with Gasteiger partial charge in [0.15, 0.2) is 5.78 Å². The molecule has 1 amide bonds. The molecule has 5 nitrogen and oxygen atoms in total. The minimum absolute atomic E-state index is 0.0309. The molecular weight excluding hydrogens is 306 g/mol. The number of nitrogens with one attached hydrogen (secondary N) is 1. The third-order valence-corrected chi connectivity index (χ3v) is 3.64. The first-order valence-corrected chi connectivity index (χ1v) is 7.68. The van der Waals surface area contributed by atoms with Crippen molar-refractivity contribution in [2.75, 3.05) is 0 Å². The Kier molecular flexibility index (Phi) is 5.84. The number of ketones is 1. The van der Waals surface area contributed by atoms with E-state index in [4.69, 9.17) is 5.11 Å². The maximum atomic E-state index is 12.1. The molecule has 2 rings (SSSR count). The number of rotatable bonds is 7. The summed E-state index contributed by atoms with van der Waals surface area (Å²) in [5, 5.41) is 11.1. The zero-order valence-corrected chi connectivity index (χ0v) is 13.4. The standard InChI is InChI=1S/C19H19NO4/c1-13(19(23)24)20-18(22)12-11-17(21)16-9-7-15(8-10-16)14-5-3-2-4-6-14/h2-10,13H,11-12H2,1H3,(H,20,22)(H,23,24)/t13-/m0/s1. The summed E-state index contributed by atoms with van der Waals surface area (Å²) in [6.07, 6.45) is 0.0136. The van der Waals surface area contributed by atoms with Crippen molar-refractivity contribution in [3.05, 3.63) is 60.2 Å². The number of carbonyl (C=O) groups excluding carboxylic acids is 2. The van der Waals surface area contributed by atoms with Crippen LogP contribution in [0.15, 0.2) is 54.6 Å². The van der Waals surface area contributed by atoms with Crippen LogP contribution in [0, 0.1) is 0 Å². The molecule has 2 N–H and O–H groups in total. The predicted octanol–water partition coefficient (Wildman–Crippen LogP) is 2.91. The van der Waals surface area contributed by atoms with Crippen LogP contribution in [0.5, 0.6) is 0 Å². The van der Waals surface area contributed by atoms with Crippen LogP contribution >= 0.6 is 0 Å². The molecule has 0 aliphatic heterocycles. The van der Waals surface area contributed by atoms with E-state index >= 15 is 0 Å². The largest absolute Gasteiger partial charge is 0.480 e. The lowest BCUT2D eigenvalue weighted by Gasteiger charge is -2.09. The van der Waals surface area contributed by atoms with E-state index < -0.39 is 17.9 Å². The summed E-state index contributed by atoms with van der Waals surface area (Å²) in [5.41, 5.74) is 2.62. The summed E-state index contributed by atoms with van der Waals surface area (Å²) in [5.74, 6) is -1.70. The molecule has 2 aromatic rings. The second-order valence-corrected chi connectivity index (χ2v) is 5.49. The Morgan fingerprint density at radius 1 is 0.917 bits per heavy atom. The smallest absolute Gasteiger partial charge is 0.325 e. The molecule has 0 radical (unpaired) electrons. The average molecular weight is 325 g/mol. The normalized spacial score (nSPS) is 11.5. The van der Waals surface area contributed by atoms with E-state index in [1.807, 2.05) is 42.5 Å². The summed E-state index contributed by atoms with van der Waals surface area (Å²) in [6, 6.07) is 16.1. The zero-order valence-electron chi connectivity index (χ0n) is 13.4. The Hall–Kier alpha value is -2.95. The van der Waals surface area contributed by atoms with E-state index in [9.17, 15) is 14.4 Å². The molecule has 1 atom stereocenters. The van der Waals surface area contributed by atoms with Crippen molar-refractivity contribution in [3.8, 4) is 11.1 Å². The lowest BCUT2D eigenvalue weighted by Crippen LogP contribution is -2.38. The van der Waals surface area contributed by atoms with Crippen molar-refractivity contribution in [2.45, 2.75) is 25.8 Å². The van der Waals surface area contributed by atoms with E-state index in [-0.39, 0.29) is 18.6 Å². The Labute approximate surface area is 140 Å². The molecule has 5 heteroatoms. The topological polar surface area (TPSA) is 83.5 Å². The lowest BCUT2D eigenvalue weighted by molar-refractivity contribution is -0.141. The molecule has 0 spiro atoms. The Bertz CT molecular complexity index is 723. The van der Waals surface area contributed by atoms with Gasteiger partial charge in [0, 0.05) is 18.4 Å². The van der Waals surface area contributed by atoms with Gasteiger partial charge in [0.2, 0.25) is 5.91 Å². The van der Waals surface area contributed by atoms with Crippen LogP contribution in [0.4, 0.5) is 0 Å². The molecule has 0 saturated heterocycles. The number of hydrogen-bond acceptors (Lipinski definition) is 3. The highest BCUT2D eigenvalue weighted by Gasteiger charge is 2.15. The van der Waals surface area contributed by atoms with Gasteiger partial charge in [-0.05, 0) is 18.1 Å². The van der Waals surface area contributed by atoms with Crippen molar-refractivity contribution < 1.29 is 19.5 Å². The molecular formula is C19H19NO4. The van der Waals surface area contributed by atoms with Crippen molar-refractivity contribution in [1.82, 2.24) is 5.32 Å². The van der Waals surface area contributed by atoms with Crippen molar-refractivity contribution in [1.29, 1.82) is 0 Å². The molecule has 0 heterocycles. The predicted molar refractivity (Wildman–Crippen MR) is 90.7 cm³/mol. The molecule has 0 unspecified atom stereocenters. The first kappa shape index (κ1) is 17.4. The molecule has 124 valence electrons. The first-order valence-electron chi connectivity index (χ1n) is 7.68. The van der Waals surface area contributed by atoms with Crippen LogP contribution in [0.1, 0.15) is 30.1 Å². The van der Waals surface area contributed by atoms with Gasteiger partial charge in [-0.1, -0.05) is 54.6 Å². The van der Waals surface area contributed by atoms with Crippen molar-refractivity contribution in [2.24, 2.45) is 0 Å². The van der Waals surface area contributed by atoms with E-state index in [0.717, 1.165) is 11.1 Å². The number of aliphatic carboxylic acids is 1. The van der Waals surface area contributed by atoms with Crippen molar-refractivity contribution >= 4 is 17.7 Å². The highest BCUT2D eigenvalue weighted by atomic mass is 16.4. The average Bonchev–Trinajstić information content (AvgIpc) is 2.60. The van der Waals surface area contributed by atoms with Gasteiger partial charge in [0.05, 0.1) is 0 Å². The van der Waals surface area contributed by atoms with Gasteiger partial charge in [0.1, 0.15) is 6.04 Å². The van der Waals surface area contributed by atoms with Crippen LogP contribution in [0.2, 0.25) is 0 Å². The van der Waals surface area contributed by atoms with Gasteiger partial charge in [-0.3, -0.25) is 14.4 Å². The summed E-state index contributed by atoms with van der Waals surface area (Å²) < 4.78 is 0. The molecule has 24 heavy (non-hydrogen) atoms. The minimum Gasteiger partial charge on any atom is -0.480 e. The molecule has 0 aliphatic carbocycles. The van der Waals surface area contributed by atoms with Crippen LogP contribution in [0.25, 0.3) is 11.1 Å². The zero-order chi connectivity index (χ0) is 17.5. The fraction of sp³-hybridized carbons (Fsp3) is 0.211. The van der Waals surface area contributed by atoms with Gasteiger partial charge in [-0.25, -0.2) is 0 Å². The number of amides is 1. The van der Waals surface area contributed by atoms with Gasteiger partial charge in [0.25, 0.3) is 0 Å². The molecule has 0 fully saturated rings. The summed E-state index contributed by atoms with van der Waals surface area (Å²) >= 11 is 0. The third-order valence-electron chi connectivity index (χ3n) is 3.64. The second-order valence-electron chi connectivity index (χ2n) is 5.49. The monoisotopic (exact) mass is 325 g/mol. The fourth-order valence-corrected chi connectivity index (χ4v) is 2.23. The number of carboxylic acids is 1. The first-order chi connectivity index (χ1) is 11.5. The van der Waals surface area contributed by atoms with E-state index in [1.54, 1.807) is 12.1 Å². The Balaban J connectivity index is 1.91. The summed E-state index contributed by atoms with van der Waals surface area (Å²) in [7, 11) is 0. The van der Waals surface area contributed by atoms with E-state index in [1.165, 1.54) is 6.92 Å². The van der Waals surface area contributed by atoms with Gasteiger partial charge < -0.3 is 10.4 Å². The highest BCUT2D eigenvalue weighted by Crippen LogP contribution is 2.19. The van der Waals surface area contributed by atoms with Crippen LogP contribution in [0.3, 0.4) is 0 Å². The van der Waals surface area contributed by atoms with Crippen LogP contribution in [-0.2, 0) is 9.59 Å². The van der Waals surface area contributed by atoms with E-state index in [2.05, 4.69) is 5.32 Å². The third kappa shape index (κ3) is 4.78. The number of carbonyl (C=O) groups is 3. The summed E-state index contributed by atoms with van der Waals surface area (Å²) in [4.78, 5) is 34.4. The number of Topliss-reactive ketones (excluding diaryl/α,β-unsaturated/α-hetero) is 1. The number of hydrogen-bond donors (Lipinski definition) is 2. The SMILES string of the molecule is C[C@H](NC(=O)CCC(=O)c1ccc(-c2ccccc2)cc1)C(=O)O. The van der Waals surface area contributed by atoms with Gasteiger partial charge in [-0.15, -0.1) is 0 Å². The highest BCUT2D eigenvalue weighted by molar-refractivity contribution is 5.98. The van der Waals surface area contributed by atoms with Gasteiger partial charge in [-0.2, -0.15) is 0 Å². The van der Waals surface area contributed by atoms with E-state index in [0.29, 0.717) is 5.56 Å².